The van der Waals surface area contributed by atoms with Gasteiger partial charge in [0, 0.05) is 23.9 Å². The highest BCUT2D eigenvalue weighted by Crippen LogP contribution is 2.19. The van der Waals surface area contributed by atoms with E-state index in [-0.39, 0.29) is 36.6 Å². The lowest BCUT2D eigenvalue weighted by atomic mass is 9.93. The van der Waals surface area contributed by atoms with E-state index in [0.29, 0.717) is 29.4 Å². The van der Waals surface area contributed by atoms with Gasteiger partial charge in [-0.05, 0) is 68.6 Å². The number of nitrogens with one attached hydrogen (secondary N) is 3. The minimum Gasteiger partial charge on any atom is -0.326 e. The number of hydrogen-bond acceptors (Lipinski definition) is 4. The van der Waals surface area contributed by atoms with Gasteiger partial charge in [-0.15, -0.1) is 24.8 Å². The molecule has 6 nitrogen and oxygen atoms in total. The number of piperidine rings is 1. The van der Waals surface area contributed by atoms with E-state index in [0.717, 1.165) is 32.4 Å². The Labute approximate surface area is 177 Å². The number of amides is 2. The fourth-order valence-corrected chi connectivity index (χ4v) is 3.09. The summed E-state index contributed by atoms with van der Waals surface area (Å²) in [6, 6.07) is 12.3. The molecule has 0 atom stereocenters. The number of carbonyl (C=O) groups is 2. The molecule has 1 aliphatic heterocycles. The molecule has 28 heavy (non-hydrogen) atoms. The highest BCUT2D eigenvalue weighted by atomic mass is 35.5. The van der Waals surface area contributed by atoms with E-state index >= 15 is 0 Å². The summed E-state index contributed by atoms with van der Waals surface area (Å²) in [5.41, 5.74) is 1.11. The second-order valence-corrected chi connectivity index (χ2v) is 6.53. The van der Waals surface area contributed by atoms with E-state index in [1.807, 2.05) is 6.07 Å². The van der Waals surface area contributed by atoms with Crippen LogP contribution in [0.4, 0.5) is 11.5 Å². The van der Waals surface area contributed by atoms with Crippen molar-refractivity contribution >= 4 is 48.1 Å². The molecule has 3 rings (SSSR count). The lowest BCUT2D eigenvalue weighted by Crippen LogP contribution is -2.28. The summed E-state index contributed by atoms with van der Waals surface area (Å²) in [7, 11) is 0. The number of nitrogens with zero attached hydrogens (tertiary/aromatic N) is 1. The van der Waals surface area contributed by atoms with E-state index in [1.165, 1.54) is 0 Å². The largest absolute Gasteiger partial charge is 0.326 e. The summed E-state index contributed by atoms with van der Waals surface area (Å²) in [6.45, 7) is 2.08. The van der Waals surface area contributed by atoms with E-state index < -0.39 is 0 Å². The number of carbonyl (C=O) groups excluding carboxylic acids is 2. The maximum atomic E-state index is 12.3. The Balaban J connectivity index is 0.00000196. The number of benzene rings is 1. The molecule has 1 saturated heterocycles. The fraction of sp³-hybridized carbons (Fsp3) is 0.350. The zero-order valence-electron chi connectivity index (χ0n) is 15.5. The van der Waals surface area contributed by atoms with Gasteiger partial charge in [0.25, 0.3) is 5.91 Å². The van der Waals surface area contributed by atoms with Crippen molar-refractivity contribution in [3.63, 3.8) is 0 Å². The first kappa shape index (κ1) is 23.9. The van der Waals surface area contributed by atoms with Crippen LogP contribution in [0, 0.1) is 5.92 Å². The first-order valence-corrected chi connectivity index (χ1v) is 9.04. The van der Waals surface area contributed by atoms with Crippen LogP contribution in [-0.4, -0.2) is 29.9 Å². The Morgan fingerprint density at radius 2 is 1.82 bits per heavy atom. The quantitative estimate of drug-likeness (QED) is 0.656. The van der Waals surface area contributed by atoms with Crippen molar-refractivity contribution in [3.8, 4) is 0 Å². The summed E-state index contributed by atoms with van der Waals surface area (Å²) >= 11 is 0. The van der Waals surface area contributed by atoms with Crippen LogP contribution in [0.15, 0.2) is 48.7 Å². The van der Waals surface area contributed by atoms with Crippen LogP contribution in [0.2, 0.25) is 0 Å². The van der Waals surface area contributed by atoms with Crippen molar-refractivity contribution in [2.24, 2.45) is 5.92 Å². The highest BCUT2D eigenvalue weighted by molar-refractivity contribution is 6.04. The molecular weight excluding hydrogens is 399 g/mol. The van der Waals surface area contributed by atoms with Crippen LogP contribution in [0.5, 0.6) is 0 Å². The van der Waals surface area contributed by atoms with Crippen LogP contribution in [0.1, 0.15) is 36.0 Å². The zero-order chi connectivity index (χ0) is 18.2. The average Bonchev–Trinajstić information content (AvgIpc) is 2.68. The minimum absolute atomic E-state index is 0. The lowest BCUT2D eigenvalue weighted by Gasteiger charge is -2.22. The molecule has 2 aromatic rings. The van der Waals surface area contributed by atoms with Crippen LogP contribution >= 0.6 is 24.8 Å². The average molecular weight is 425 g/mol. The van der Waals surface area contributed by atoms with Crippen molar-refractivity contribution < 1.29 is 9.59 Å². The number of hydrogen-bond donors (Lipinski definition) is 3. The maximum absolute atomic E-state index is 12.3. The minimum atomic E-state index is -0.255. The molecular formula is C20H26Cl2N4O2. The van der Waals surface area contributed by atoms with Gasteiger partial charge < -0.3 is 16.0 Å². The topological polar surface area (TPSA) is 83.1 Å². The summed E-state index contributed by atoms with van der Waals surface area (Å²) in [4.78, 5) is 28.6. The molecule has 2 amide bonds. The predicted octanol–water partition coefficient (Wildman–Crippen LogP) is 3.90. The van der Waals surface area contributed by atoms with Crippen molar-refractivity contribution in [1.29, 1.82) is 0 Å². The number of pyridine rings is 1. The SMILES string of the molecule is Cl.Cl.O=C(CCC1CCNCC1)Nc1cccc(C(=O)Nc2ccccn2)c1. The third-order valence-electron chi connectivity index (χ3n) is 4.55. The van der Waals surface area contributed by atoms with Gasteiger partial charge in [0.2, 0.25) is 5.91 Å². The maximum Gasteiger partial charge on any atom is 0.256 e. The normalized spacial score (nSPS) is 13.6. The Kier molecular flexibility index (Phi) is 10.5. The van der Waals surface area contributed by atoms with Crippen molar-refractivity contribution in [2.75, 3.05) is 23.7 Å². The zero-order valence-corrected chi connectivity index (χ0v) is 17.2. The van der Waals surface area contributed by atoms with Crippen LogP contribution in [-0.2, 0) is 4.79 Å². The molecule has 1 aromatic carbocycles. The van der Waals surface area contributed by atoms with Gasteiger partial charge in [-0.25, -0.2) is 4.98 Å². The number of anilines is 2. The monoisotopic (exact) mass is 424 g/mol. The van der Waals surface area contributed by atoms with Crippen LogP contribution < -0.4 is 16.0 Å². The third-order valence-corrected chi connectivity index (χ3v) is 4.55. The fourth-order valence-electron chi connectivity index (χ4n) is 3.09. The molecule has 0 saturated carbocycles. The second-order valence-electron chi connectivity index (χ2n) is 6.53. The number of aromatic nitrogens is 1. The summed E-state index contributed by atoms with van der Waals surface area (Å²) in [5.74, 6) is 0.853. The van der Waals surface area contributed by atoms with Crippen molar-refractivity contribution in [3.05, 3.63) is 54.2 Å². The molecule has 0 bridgehead atoms. The van der Waals surface area contributed by atoms with E-state index in [1.54, 1.807) is 42.6 Å². The molecule has 8 heteroatoms. The Morgan fingerprint density at radius 3 is 2.54 bits per heavy atom. The second kappa shape index (κ2) is 12.3. The van der Waals surface area contributed by atoms with Crippen LogP contribution in [0.25, 0.3) is 0 Å². The Bertz CT molecular complexity index is 753. The van der Waals surface area contributed by atoms with Gasteiger partial charge in [-0.1, -0.05) is 12.1 Å². The van der Waals surface area contributed by atoms with Crippen molar-refractivity contribution in [1.82, 2.24) is 10.3 Å². The molecule has 0 aliphatic carbocycles. The van der Waals surface area contributed by atoms with Crippen molar-refractivity contribution in [2.45, 2.75) is 25.7 Å². The van der Waals surface area contributed by atoms with E-state index in [4.69, 9.17) is 0 Å². The Morgan fingerprint density at radius 1 is 1.04 bits per heavy atom. The van der Waals surface area contributed by atoms with Gasteiger partial charge in [0.05, 0.1) is 0 Å². The van der Waals surface area contributed by atoms with Gasteiger partial charge in [-0.3, -0.25) is 9.59 Å². The van der Waals surface area contributed by atoms with Gasteiger partial charge in [0.1, 0.15) is 5.82 Å². The molecule has 152 valence electrons. The van der Waals surface area contributed by atoms with E-state index in [2.05, 4.69) is 20.9 Å². The summed E-state index contributed by atoms with van der Waals surface area (Å²) in [6.07, 6.45) is 5.31. The molecule has 0 spiro atoms. The Hall–Kier alpha value is -2.15. The lowest BCUT2D eigenvalue weighted by molar-refractivity contribution is -0.116. The van der Waals surface area contributed by atoms with Gasteiger partial charge in [-0.2, -0.15) is 0 Å². The standard InChI is InChI=1S/C20H24N4O2.2ClH/c25-19(8-7-15-9-12-21-13-10-15)23-17-5-3-4-16(14-17)20(26)24-18-6-1-2-11-22-18;;/h1-6,11,14-15,21H,7-10,12-13H2,(H,23,25)(H,22,24,26);2*1H. The smallest absolute Gasteiger partial charge is 0.256 e. The first-order chi connectivity index (χ1) is 12.7. The predicted molar refractivity (Wildman–Crippen MR) is 117 cm³/mol. The molecule has 0 unspecified atom stereocenters. The summed E-state index contributed by atoms with van der Waals surface area (Å²) < 4.78 is 0. The van der Waals surface area contributed by atoms with Crippen LogP contribution in [0.3, 0.4) is 0 Å². The highest BCUT2D eigenvalue weighted by Gasteiger charge is 2.15. The van der Waals surface area contributed by atoms with Gasteiger partial charge in [0.15, 0.2) is 0 Å². The molecule has 0 radical (unpaired) electrons. The molecule has 2 heterocycles. The van der Waals surface area contributed by atoms with Gasteiger partial charge >= 0.3 is 0 Å². The number of halogens is 2. The molecule has 1 aromatic heterocycles. The number of rotatable bonds is 6. The molecule has 1 fully saturated rings. The van der Waals surface area contributed by atoms with E-state index in [9.17, 15) is 9.59 Å². The third kappa shape index (κ3) is 7.46. The summed E-state index contributed by atoms with van der Waals surface area (Å²) in [5, 5.41) is 8.96. The molecule has 3 N–H and O–H groups in total. The molecule has 1 aliphatic rings. The first-order valence-electron chi connectivity index (χ1n) is 9.04.